The Morgan fingerprint density at radius 3 is 2.43 bits per heavy atom. The van der Waals surface area contributed by atoms with Gasteiger partial charge in [-0.15, -0.1) is 11.3 Å². The maximum absolute atomic E-state index is 9.86. The SMILES string of the molecule is N#Cc1cc(O)c(O)c(C#N)c1-c1cc2ccccc2s1. The second kappa shape index (κ2) is 4.82. The number of phenolic OH excluding ortho intramolecular Hbond substituents is 2. The van der Waals surface area contributed by atoms with Crippen molar-refractivity contribution in [1.82, 2.24) is 0 Å². The number of aromatic hydroxyl groups is 2. The zero-order valence-electron chi connectivity index (χ0n) is 10.7. The number of benzene rings is 2. The van der Waals surface area contributed by atoms with Crippen molar-refractivity contribution in [3.05, 3.63) is 47.5 Å². The van der Waals surface area contributed by atoms with Crippen LogP contribution in [0.25, 0.3) is 20.5 Å². The van der Waals surface area contributed by atoms with Crippen molar-refractivity contribution in [2.24, 2.45) is 0 Å². The van der Waals surface area contributed by atoms with E-state index in [4.69, 9.17) is 0 Å². The Morgan fingerprint density at radius 1 is 1.00 bits per heavy atom. The highest BCUT2D eigenvalue weighted by Crippen LogP contribution is 2.42. The largest absolute Gasteiger partial charge is 0.504 e. The van der Waals surface area contributed by atoms with Gasteiger partial charge in [0.05, 0.1) is 11.6 Å². The number of phenols is 2. The highest BCUT2D eigenvalue weighted by Gasteiger charge is 2.20. The lowest BCUT2D eigenvalue weighted by Crippen LogP contribution is -1.89. The molecule has 3 rings (SSSR count). The van der Waals surface area contributed by atoms with Gasteiger partial charge in [-0.3, -0.25) is 0 Å². The minimum atomic E-state index is -0.496. The first-order valence-corrected chi connectivity index (χ1v) is 6.85. The van der Waals surface area contributed by atoms with Crippen molar-refractivity contribution < 1.29 is 10.2 Å². The van der Waals surface area contributed by atoms with Gasteiger partial charge in [0.15, 0.2) is 11.5 Å². The summed E-state index contributed by atoms with van der Waals surface area (Å²) in [4.78, 5) is 0.708. The highest BCUT2D eigenvalue weighted by molar-refractivity contribution is 7.22. The topological polar surface area (TPSA) is 88.0 Å². The Hall–Kier alpha value is -3.02. The first-order valence-electron chi connectivity index (χ1n) is 6.03. The molecule has 0 unspecified atom stereocenters. The van der Waals surface area contributed by atoms with Crippen molar-refractivity contribution in [2.75, 3.05) is 0 Å². The Labute approximate surface area is 124 Å². The van der Waals surface area contributed by atoms with Crippen molar-refractivity contribution in [3.63, 3.8) is 0 Å². The zero-order valence-corrected chi connectivity index (χ0v) is 11.5. The van der Waals surface area contributed by atoms with Crippen LogP contribution in [0.15, 0.2) is 36.4 Å². The van der Waals surface area contributed by atoms with Crippen LogP contribution in [-0.2, 0) is 0 Å². The Bertz CT molecular complexity index is 912. The predicted molar refractivity (Wildman–Crippen MR) is 80.0 cm³/mol. The van der Waals surface area contributed by atoms with Gasteiger partial charge in [0.1, 0.15) is 11.6 Å². The lowest BCUT2D eigenvalue weighted by Gasteiger charge is -2.07. The van der Waals surface area contributed by atoms with E-state index in [0.29, 0.717) is 10.4 Å². The van der Waals surface area contributed by atoms with E-state index in [0.717, 1.165) is 10.1 Å². The highest BCUT2D eigenvalue weighted by atomic mass is 32.1. The number of hydrogen-bond acceptors (Lipinski definition) is 5. The van der Waals surface area contributed by atoms with Crippen molar-refractivity contribution >= 4 is 21.4 Å². The number of nitrogens with zero attached hydrogens (tertiary/aromatic N) is 2. The molecule has 0 radical (unpaired) electrons. The van der Waals surface area contributed by atoms with E-state index in [1.807, 2.05) is 42.5 Å². The minimum absolute atomic E-state index is 0.0851. The van der Waals surface area contributed by atoms with Crippen molar-refractivity contribution in [2.45, 2.75) is 0 Å². The Kier molecular flexibility index (Phi) is 2.98. The summed E-state index contributed by atoms with van der Waals surface area (Å²) in [5, 5.41) is 39.0. The van der Waals surface area contributed by atoms with Crippen LogP contribution in [0.2, 0.25) is 0 Å². The van der Waals surface area contributed by atoms with E-state index >= 15 is 0 Å². The van der Waals surface area contributed by atoms with Crippen LogP contribution in [-0.4, -0.2) is 10.2 Å². The number of hydrogen-bond donors (Lipinski definition) is 2. The standard InChI is InChI=1S/C16H8N2O2S/c17-7-10-5-12(19)16(20)11(8-18)15(10)14-6-9-3-1-2-4-13(9)21-14/h1-6,19-20H. The lowest BCUT2D eigenvalue weighted by atomic mass is 9.99. The van der Waals surface area contributed by atoms with E-state index in [1.165, 1.54) is 17.4 Å². The van der Waals surface area contributed by atoms with Gasteiger partial charge in [0.25, 0.3) is 0 Å². The lowest BCUT2D eigenvalue weighted by molar-refractivity contribution is 0.403. The summed E-state index contributed by atoms with van der Waals surface area (Å²) in [6.45, 7) is 0. The van der Waals surface area contributed by atoms with E-state index in [2.05, 4.69) is 0 Å². The molecule has 0 fully saturated rings. The van der Waals surface area contributed by atoms with Crippen LogP contribution >= 0.6 is 11.3 Å². The Morgan fingerprint density at radius 2 is 1.76 bits per heavy atom. The molecule has 5 heteroatoms. The summed E-state index contributed by atoms with van der Waals surface area (Å²) in [7, 11) is 0. The molecule has 0 saturated heterocycles. The van der Waals surface area contributed by atoms with Crippen LogP contribution in [0.1, 0.15) is 11.1 Å². The van der Waals surface area contributed by atoms with Gasteiger partial charge >= 0.3 is 0 Å². The van der Waals surface area contributed by atoms with E-state index < -0.39 is 11.5 Å². The maximum atomic E-state index is 9.86. The normalized spacial score (nSPS) is 10.2. The van der Waals surface area contributed by atoms with Gasteiger partial charge in [-0.2, -0.15) is 10.5 Å². The van der Waals surface area contributed by atoms with Gasteiger partial charge in [-0.25, -0.2) is 0 Å². The molecular weight excluding hydrogens is 284 g/mol. The van der Waals surface area contributed by atoms with Gasteiger partial charge in [-0.05, 0) is 17.5 Å². The molecular formula is C16H8N2O2S. The smallest absolute Gasteiger partial charge is 0.176 e. The summed E-state index contributed by atoms with van der Waals surface area (Å²) in [6, 6.07) is 14.6. The molecule has 1 heterocycles. The van der Waals surface area contributed by atoms with Gasteiger partial charge < -0.3 is 10.2 Å². The number of thiophene rings is 1. The van der Waals surface area contributed by atoms with Crippen LogP contribution < -0.4 is 0 Å². The molecule has 4 nitrogen and oxygen atoms in total. The third kappa shape index (κ3) is 1.97. The number of nitriles is 2. The third-order valence-corrected chi connectivity index (χ3v) is 4.32. The molecule has 0 atom stereocenters. The second-order valence-electron chi connectivity index (χ2n) is 4.41. The molecule has 2 aromatic carbocycles. The van der Waals surface area contributed by atoms with Crippen molar-refractivity contribution in [1.29, 1.82) is 10.5 Å². The molecule has 0 aliphatic carbocycles. The van der Waals surface area contributed by atoms with Gasteiger partial charge in [-0.1, -0.05) is 18.2 Å². The zero-order chi connectivity index (χ0) is 15.0. The monoisotopic (exact) mass is 292 g/mol. The molecule has 0 spiro atoms. The molecule has 0 bridgehead atoms. The molecule has 0 aliphatic rings. The Balaban J connectivity index is 2.39. The van der Waals surface area contributed by atoms with E-state index in [9.17, 15) is 20.7 Å². The maximum Gasteiger partial charge on any atom is 0.176 e. The molecule has 21 heavy (non-hydrogen) atoms. The van der Waals surface area contributed by atoms with Crippen LogP contribution in [0.3, 0.4) is 0 Å². The summed E-state index contributed by atoms with van der Waals surface area (Å²) < 4.78 is 1.02. The second-order valence-corrected chi connectivity index (χ2v) is 5.50. The molecule has 0 amide bonds. The molecule has 0 saturated carbocycles. The van der Waals surface area contributed by atoms with Gasteiger partial charge in [0.2, 0.25) is 0 Å². The molecule has 1 aromatic heterocycles. The fourth-order valence-electron chi connectivity index (χ4n) is 2.22. The third-order valence-electron chi connectivity index (χ3n) is 3.18. The van der Waals surface area contributed by atoms with Gasteiger partial charge in [0, 0.05) is 21.2 Å². The summed E-state index contributed by atoms with van der Waals surface area (Å²) in [5.41, 5.74) is 0.433. The van der Waals surface area contributed by atoms with Crippen LogP contribution in [0.5, 0.6) is 11.5 Å². The summed E-state index contributed by atoms with van der Waals surface area (Å²) in [5.74, 6) is -0.961. The van der Waals surface area contributed by atoms with Crippen LogP contribution in [0.4, 0.5) is 0 Å². The average Bonchev–Trinajstić information content (AvgIpc) is 2.92. The summed E-state index contributed by atoms with van der Waals surface area (Å²) >= 11 is 1.43. The van der Waals surface area contributed by atoms with E-state index in [-0.39, 0.29) is 11.1 Å². The molecule has 3 aromatic rings. The minimum Gasteiger partial charge on any atom is -0.504 e. The number of fused-ring (bicyclic) bond motifs is 1. The molecule has 100 valence electrons. The average molecular weight is 292 g/mol. The quantitative estimate of drug-likeness (QED) is 0.669. The fraction of sp³-hybridized carbons (Fsp3) is 0. The predicted octanol–water partition coefficient (Wildman–Crippen LogP) is 3.72. The molecule has 0 aliphatic heterocycles. The fourth-order valence-corrected chi connectivity index (χ4v) is 3.34. The molecule has 2 N–H and O–H groups in total. The first-order chi connectivity index (χ1) is 10.2. The van der Waals surface area contributed by atoms with E-state index in [1.54, 1.807) is 0 Å². The van der Waals surface area contributed by atoms with Crippen LogP contribution in [0, 0.1) is 22.7 Å². The first kappa shape index (κ1) is 13.0. The summed E-state index contributed by atoms with van der Waals surface area (Å²) in [6.07, 6.45) is 0. The van der Waals surface area contributed by atoms with Crippen molar-refractivity contribution in [3.8, 4) is 34.1 Å². The number of rotatable bonds is 1.